The Balaban J connectivity index is 1.23. The van der Waals surface area contributed by atoms with Crippen molar-refractivity contribution in [3.8, 4) is 0 Å². The van der Waals surface area contributed by atoms with Gasteiger partial charge in [0.1, 0.15) is 34.6 Å². The van der Waals surface area contributed by atoms with Gasteiger partial charge < -0.3 is 29.4 Å². The number of benzene rings is 4. The average molecular weight is 763 g/mol. The zero-order valence-corrected chi connectivity index (χ0v) is 31.6. The summed E-state index contributed by atoms with van der Waals surface area (Å²) in [6, 6.07) is 53.1. The third-order valence-electron chi connectivity index (χ3n) is 10.2. The van der Waals surface area contributed by atoms with Crippen LogP contribution in [0.1, 0.15) is 77.4 Å². The van der Waals surface area contributed by atoms with Crippen LogP contribution in [-0.4, -0.2) is 46.1 Å². The van der Waals surface area contributed by atoms with Crippen LogP contribution in [0.4, 0.5) is 11.4 Å². The number of hydrogen-bond acceptors (Lipinski definition) is 6. The second-order valence-electron chi connectivity index (χ2n) is 13.8. The predicted molar refractivity (Wildman–Crippen MR) is 223 cm³/mol. The molecule has 10 nitrogen and oxygen atoms in total. The highest BCUT2D eigenvalue weighted by Gasteiger charge is 2.38. The Morgan fingerprint density at radius 1 is 0.397 bits per heavy atom. The van der Waals surface area contributed by atoms with Crippen molar-refractivity contribution >= 4 is 23.3 Å². The van der Waals surface area contributed by atoms with E-state index < -0.39 is 11.9 Å². The Morgan fingerprint density at radius 3 is 0.983 bits per heavy atom. The van der Waals surface area contributed by atoms with Gasteiger partial charge in [-0.25, -0.2) is 9.59 Å². The van der Waals surface area contributed by atoms with Crippen LogP contribution in [-0.2, 0) is 9.47 Å². The number of aromatic nitrogens is 4. The minimum atomic E-state index is -0.398. The van der Waals surface area contributed by atoms with Crippen LogP contribution in [0.5, 0.6) is 0 Å². The van der Waals surface area contributed by atoms with Crippen molar-refractivity contribution in [2.45, 2.75) is 0 Å². The van der Waals surface area contributed by atoms with Gasteiger partial charge in [-0.3, -0.25) is 10.6 Å². The zero-order chi connectivity index (χ0) is 39.6. The molecule has 4 aromatic heterocycles. The molecule has 9 rings (SSSR count). The maximum Gasteiger partial charge on any atom is 0.339 e. The lowest BCUT2D eigenvalue weighted by atomic mass is 9.92. The smallest absolute Gasteiger partial charge is 0.339 e. The molecule has 1 aliphatic rings. The third-order valence-corrected chi connectivity index (χ3v) is 10.2. The number of nitrogens with one attached hydrogen (secondary N) is 6. The van der Waals surface area contributed by atoms with Crippen LogP contribution < -0.4 is 10.6 Å². The topological polar surface area (TPSA) is 140 Å². The molecule has 4 aromatic carbocycles. The van der Waals surface area contributed by atoms with E-state index in [1.165, 1.54) is 14.2 Å². The number of carbonyl (C=O) groups is 2. The summed E-state index contributed by atoms with van der Waals surface area (Å²) in [6.07, 6.45) is 0. The van der Waals surface area contributed by atoms with Gasteiger partial charge in [-0.2, -0.15) is 0 Å². The Bertz CT molecular complexity index is 2390. The summed E-state index contributed by atoms with van der Waals surface area (Å²) in [5.41, 5.74) is 11.4. The number of para-hydroxylation sites is 2. The number of aromatic amines is 4. The first-order valence-electron chi connectivity index (χ1n) is 18.7. The molecule has 0 saturated heterocycles. The number of hydrogen-bond donors (Lipinski definition) is 6. The van der Waals surface area contributed by atoms with Gasteiger partial charge in [0.05, 0.1) is 96.4 Å². The van der Waals surface area contributed by atoms with Crippen molar-refractivity contribution in [1.82, 2.24) is 19.9 Å². The van der Waals surface area contributed by atoms with Gasteiger partial charge in [-0.05, 0) is 48.5 Å². The zero-order valence-electron chi connectivity index (χ0n) is 31.6. The molecule has 280 valence electrons. The summed E-state index contributed by atoms with van der Waals surface area (Å²) in [4.78, 5) is 39.7. The van der Waals surface area contributed by atoms with Crippen molar-refractivity contribution in [2.75, 3.05) is 24.9 Å². The molecule has 1 aliphatic heterocycles. The van der Waals surface area contributed by atoms with Crippen molar-refractivity contribution < 1.29 is 19.1 Å². The first-order valence-corrected chi connectivity index (χ1v) is 18.7. The largest absolute Gasteiger partial charge is 0.465 e. The molecular formula is C48H38N6O4+4. The standard InChI is InChI=1S/C48H38N6O4/c1-57-47(55)31-17-13-29(14-18-31)43-35-21-25-39(51-35)45(49-33-9-5-3-6-10-33)41-27-23-37(53-41)44(30-15-19-32(20-16-30)48(56)58-2)38-24-28-42(54-38)46(40-26-22-36(43)52-40)50-34-11-7-4-8-12-34/h3-28,49-54H,1-2H3/q+4. The molecule has 5 heterocycles. The number of carbonyl (C=O) groups excluding carboxylic acids is 2. The third kappa shape index (κ3) is 6.90. The van der Waals surface area contributed by atoms with E-state index in [1.54, 1.807) is 24.3 Å². The van der Waals surface area contributed by atoms with Gasteiger partial charge in [-0.15, -0.1) is 0 Å². The van der Waals surface area contributed by atoms with E-state index >= 15 is 0 Å². The van der Waals surface area contributed by atoms with Crippen LogP contribution in [0.15, 0.2) is 158 Å². The molecule has 0 fully saturated rings. The minimum absolute atomic E-state index is 0.398. The molecule has 8 bridgehead atoms. The summed E-state index contributed by atoms with van der Waals surface area (Å²) < 4.78 is 9.99. The van der Waals surface area contributed by atoms with Crippen molar-refractivity contribution in [3.63, 3.8) is 0 Å². The SMILES string of the molecule is COC(=O)c1ccc([C+]2c3ccc([nH]3)[C+](Nc3ccccc3)c3ccc([nH]3)[C+](c3ccc(C(=O)OC)cc3)c3ccc([nH]3)[C+](Nc3ccccc3)c3ccc2[nH]3)cc1. The van der Waals surface area contributed by atoms with Gasteiger partial charge in [0, 0.05) is 24.3 Å². The molecule has 8 aromatic rings. The molecule has 0 atom stereocenters. The summed E-state index contributed by atoms with van der Waals surface area (Å²) >= 11 is 0. The molecular weight excluding hydrogens is 725 g/mol. The number of rotatable bonds is 8. The molecule has 0 spiro atoms. The maximum atomic E-state index is 12.4. The summed E-state index contributed by atoms with van der Waals surface area (Å²) in [5.74, 6) is 1.02. The number of fused-ring (bicyclic) bond motifs is 8. The summed E-state index contributed by atoms with van der Waals surface area (Å²) in [6.45, 7) is 0. The predicted octanol–water partition coefficient (Wildman–Crippen LogP) is 9.00. The molecule has 0 amide bonds. The molecule has 6 N–H and O–H groups in total. The van der Waals surface area contributed by atoms with E-state index in [0.717, 1.165) is 92.0 Å². The van der Waals surface area contributed by atoms with E-state index in [4.69, 9.17) is 9.47 Å². The summed E-state index contributed by atoms with van der Waals surface area (Å²) in [7, 11) is 2.76. The Morgan fingerprint density at radius 2 is 0.690 bits per heavy atom. The van der Waals surface area contributed by atoms with Gasteiger partial charge in [0.25, 0.3) is 0 Å². The van der Waals surface area contributed by atoms with E-state index in [9.17, 15) is 9.59 Å². The van der Waals surface area contributed by atoms with Gasteiger partial charge in [0.2, 0.25) is 0 Å². The van der Waals surface area contributed by atoms with Gasteiger partial charge in [-0.1, -0.05) is 36.4 Å². The van der Waals surface area contributed by atoms with E-state index in [0.29, 0.717) is 11.1 Å². The molecule has 0 radical (unpaired) electrons. The quantitative estimate of drug-likeness (QED) is 0.0675. The normalized spacial score (nSPS) is 12.3. The second kappa shape index (κ2) is 15.3. The molecule has 0 unspecified atom stereocenters. The highest BCUT2D eigenvalue weighted by molar-refractivity contribution is 5.90. The fourth-order valence-electron chi connectivity index (χ4n) is 7.33. The van der Waals surface area contributed by atoms with Gasteiger partial charge in [0.15, 0.2) is 34.9 Å². The molecule has 0 saturated carbocycles. The molecule has 10 heteroatoms. The molecule has 58 heavy (non-hydrogen) atoms. The van der Waals surface area contributed by atoms with Crippen molar-refractivity contribution in [1.29, 1.82) is 0 Å². The number of esters is 2. The second-order valence-corrected chi connectivity index (χ2v) is 13.8. The Labute approximate surface area is 335 Å². The van der Waals surface area contributed by atoms with E-state index in [1.807, 2.05) is 84.9 Å². The monoisotopic (exact) mass is 762 g/mol. The van der Waals surface area contributed by atoms with Crippen LogP contribution in [0.3, 0.4) is 0 Å². The average Bonchev–Trinajstić information content (AvgIpc) is 4.12. The summed E-state index contributed by atoms with van der Waals surface area (Å²) in [5, 5.41) is 7.34. The lowest BCUT2D eigenvalue weighted by Crippen LogP contribution is -2.17. The number of H-pyrrole nitrogens is 4. The Kier molecular flexibility index (Phi) is 9.40. The minimum Gasteiger partial charge on any atom is -0.465 e. The van der Waals surface area contributed by atoms with E-state index in [2.05, 4.69) is 79.1 Å². The number of anilines is 2. The fourth-order valence-corrected chi connectivity index (χ4v) is 7.33. The highest BCUT2D eigenvalue weighted by Crippen LogP contribution is 2.38. The number of methoxy groups -OCH3 is 2. The van der Waals surface area contributed by atoms with E-state index in [-0.39, 0.29) is 0 Å². The van der Waals surface area contributed by atoms with Gasteiger partial charge >= 0.3 is 11.9 Å². The molecule has 0 aliphatic carbocycles. The van der Waals surface area contributed by atoms with Crippen LogP contribution in [0, 0.1) is 23.9 Å². The highest BCUT2D eigenvalue weighted by atomic mass is 16.5. The number of ether oxygens (including phenoxy) is 2. The van der Waals surface area contributed by atoms with Crippen LogP contribution in [0.25, 0.3) is 0 Å². The van der Waals surface area contributed by atoms with Crippen molar-refractivity contribution in [3.05, 3.63) is 249 Å². The Hall–Kier alpha value is -7.98. The fraction of sp³-hybridized carbons (Fsp3) is 0.0417. The van der Waals surface area contributed by atoms with Crippen molar-refractivity contribution in [2.24, 2.45) is 0 Å². The van der Waals surface area contributed by atoms with Crippen LogP contribution >= 0.6 is 0 Å². The first-order chi connectivity index (χ1) is 28.4. The van der Waals surface area contributed by atoms with Crippen LogP contribution in [0.2, 0.25) is 0 Å². The first kappa shape index (κ1) is 35.7. The maximum absolute atomic E-state index is 12.4. The lowest BCUT2D eigenvalue weighted by Gasteiger charge is -2.14. The lowest BCUT2D eigenvalue weighted by molar-refractivity contribution is 0.0592.